The minimum absolute atomic E-state index is 0.0121. The number of alkyl halides is 3. The average molecular weight is 467 g/mol. The third-order valence-electron chi connectivity index (χ3n) is 5.57. The fourth-order valence-electron chi connectivity index (χ4n) is 3.86. The normalized spacial score (nSPS) is 15.6. The third-order valence-corrected chi connectivity index (χ3v) is 5.57. The van der Waals surface area contributed by atoms with Crippen LogP contribution in [0.15, 0.2) is 24.4 Å². The molecule has 4 heterocycles. The van der Waals surface area contributed by atoms with Gasteiger partial charge in [-0.15, -0.1) is 5.10 Å². The van der Waals surface area contributed by atoms with Crippen LogP contribution in [0.25, 0.3) is 16.7 Å². The van der Waals surface area contributed by atoms with Gasteiger partial charge in [0.2, 0.25) is 0 Å². The molecule has 0 saturated carbocycles. The summed E-state index contributed by atoms with van der Waals surface area (Å²) in [4.78, 5) is 12.6. The van der Waals surface area contributed by atoms with Gasteiger partial charge >= 0.3 is 6.18 Å². The highest BCUT2D eigenvalue weighted by atomic mass is 19.4. The van der Waals surface area contributed by atoms with Crippen molar-refractivity contribution in [1.82, 2.24) is 24.6 Å². The van der Waals surface area contributed by atoms with E-state index in [1.165, 1.54) is 6.07 Å². The number of anilines is 2. The van der Waals surface area contributed by atoms with E-state index in [-0.39, 0.29) is 35.0 Å². The number of piperidine rings is 1. The van der Waals surface area contributed by atoms with Gasteiger partial charge in [-0.05, 0) is 25.0 Å². The van der Waals surface area contributed by atoms with Crippen LogP contribution < -0.4 is 10.2 Å². The fraction of sp³-hybridized carbons (Fsp3) is 0.350. The summed E-state index contributed by atoms with van der Waals surface area (Å²) < 4.78 is 68.6. The highest BCUT2D eigenvalue weighted by Crippen LogP contribution is 2.33. The number of aromatic amines is 1. The molecule has 3 N–H and O–H groups in total. The van der Waals surface area contributed by atoms with Gasteiger partial charge in [0.25, 0.3) is 0 Å². The summed E-state index contributed by atoms with van der Waals surface area (Å²) in [6.45, 7) is 0.856. The van der Waals surface area contributed by atoms with Crippen LogP contribution >= 0.6 is 0 Å². The number of H-pyrrole nitrogens is 1. The van der Waals surface area contributed by atoms with Crippen molar-refractivity contribution in [2.24, 2.45) is 0 Å². The van der Waals surface area contributed by atoms with Gasteiger partial charge in [0, 0.05) is 19.2 Å². The Hall–Kier alpha value is -3.48. The van der Waals surface area contributed by atoms with Gasteiger partial charge in [-0.1, -0.05) is 0 Å². The smallest absolute Gasteiger partial charge is 0.393 e. The lowest BCUT2D eigenvalue weighted by Crippen LogP contribution is -2.36. The Labute approximate surface area is 183 Å². The fourth-order valence-corrected chi connectivity index (χ4v) is 3.86. The molecular weight excluding hydrogens is 449 g/mol. The number of hydrogen-bond donors (Lipinski definition) is 3. The van der Waals surface area contributed by atoms with E-state index in [2.05, 4.69) is 25.4 Å². The standard InChI is InChI=1S/C20H18F5N7O/c21-11-1-2-12-18(17(11)22)29-15(28-12)9-26-13-7-16(31-5-3-10(33)4-6-31)30-32-14(20(23,24)25)8-27-19(13)32/h1-2,7-8,10,26,33H,3-6,9H2,(H,28,29). The summed E-state index contributed by atoms with van der Waals surface area (Å²) >= 11 is 0. The van der Waals surface area contributed by atoms with Gasteiger partial charge in [0.15, 0.2) is 28.8 Å². The molecule has 0 unspecified atom stereocenters. The number of nitrogens with zero attached hydrogens (tertiary/aromatic N) is 5. The van der Waals surface area contributed by atoms with Crippen molar-refractivity contribution in [3.8, 4) is 0 Å². The molecule has 0 amide bonds. The second-order valence-corrected chi connectivity index (χ2v) is 7.81. The quantitative estimate of drug-likeness (QED) is 0.398. The number of aliphatic hydroxyl groups excluding tert-OH is 1. The van der Waals surface area contributed by atoms with Crippen LogP contribution in [0.2, 0.25) is 0 Å². The molecule has 8 nitrogen and oxygen atoms in total. The van der Waals surface area contributed by atoms with Crippen molar-refractivity contribution in [2.45, 2.75) is 31.7 Å². The molecule has 0 bridgehead atoms. The summed E-state index contributed by atoms with van der Waals surface area (Å²) in [6, 6.07) is 3.90. The third kappa shape index (κ3) is 3.92. The van der Waals surface area contributed by atoms with E-state index in [9.17, 15) is 27.1 Å². The summed E-state index contributed by atoms with van der Waals surface area (Å²) in [5, 5.41) is 16.9. The second kappa shape index (κ2) is 7.83. The summed E-state index contributed by atoms with van der Waals surface area (Å²) in [5.41, 5.74) is -0.691. The van der Waals surface area contributed by atoms with Gasteiger partial charge in [-0.2, -0.15) is 13.2 Å². The molecule has 1 saturated heterocycles. The molecule has 1 aliphatic rings. The number of imidazole rings is 2. The van der Waals surface area contributed by atoms with Crippen molar-refractivity contribution in [3.05, 3.63) is 47.5 Å². The highest BCUT2D eigenvalue weighted by Gasteiger charge is 2.36. The Morgan fingerprint density at radius 1 is 1.18 bits per heavy atom. The maximum Gasteiger partial charge on any atom is 0.435 e. The molecule has 4 aromatic rings. The number of aromatic nitrogens is 5. The highest BCUT2D eigenvalue weighted by molar-refractivity contribution is 5.76. The molecule has 33 heavy (non-hydrogen) atoms. The molecule has 0 aliphatic carbocycles. The molecule has 13 heteroatoms. The minimum atomic E-state index is -4.67. The number of nitrogens with one attached hydrogen (secondary N) is 2. The van der Waals surface area contributed by atoms with Gasteiger partial charge in [-0.3, -0.25) is 0 Å². The molecule has 1 fully saturated rings. The van der Waals surface area contributed by atoms with Gasteiger partial charge in [0.1, 0.15) is 11.3 Å². The van der Waals surface area contributed by atoms with Crippen LogP contribution in [0, 0.1) is 11.6 Å². The van der Waals surface area contributed by atoms with Crippen molar-refractivity contribution < 1.29 is 27.1 Å². The lowest BCUT2D eigenvalue weighted by Gasteiger charge is -2.30. The first-order valence-electron chi connectivity index (χ1n) is 10.2. The molecule has 0 radical (unpaired) electrons. The predicted molar refractivity (Wildman–Crippen MR) is 109 cm³/mol. The summed E-state index contributed by atoms with van der Waals surface area (Å²) in [7, 11) is 0. The van der Waals surface area contributed by atoms with Crippen LogP contribution in [-0.2, 0) is 12.7 Å². The van der Waals surface area contributed by atoms with Crippen molar-refractivity contribution >= 4 is 28.2 Å². The zero-order valence-electron chi connectivity index (χ0n) is 17.0. The van der Waals surface area contributed by atoms with Crippen molar-refractivity contribution in [1.29, 1.82) is 0 Å². The number of benzene rings is 1. The van der Waals surface area contributed by atoms with Crippen LogP contribution in [0.5, 0.6) is 0 Å². The zero-order valence-corrected chi connectivity index (χ0v) is 17.0. The number of fused-ring (bicyclic) bond motifs is 2. The van der Waals surface area contributed by atoms with E-state index in [4.69, 9.17) is 0 Å². The summed E-state index contributed by atoms with van der Waals surface area (Å²) in [6.07, 6.45) is -3.48. The van der Waals surface area contributed by atoms with Gasteiger partial charge in [0.05, 0.1) is 30.0 Å². The summed E-state index contributed by atoms with van der Waals surface area (Å²) in [5.74, 6) is -1.57. The Kier molecular flexibility index (Phi) is 5.07. The second-order valence-electron chi connectivity index (χ2n) is 7.81. The van der Waals surface area contributed by atoms with Crippen LogP contribution in [0.3, 0.4) is 0 Å². The first kappa shape index (κ1) is 21.4. The maximum absolute atomic E-state index is 14.0. The Bertz CT molecular complexity index is 1320. The van der Waals surface area contributed by atoms with E-state index in [0.29, 0.717) is 37.6 Å². The van der Waals surface area contributed by atoms with Gasteiger partial charge in [-0.25, -0.2) is 23.3 Å². The van der Waals surface area contributed by atoms with Crippen LogP contribution in [0.1, 0.15) is 24.4 Å². The molecule has 0 atom stereocenters. The molecule has 5 rings (SSSR count). The number of hydrogen-bond acceptors (Lipinski definition) is 6. The first-order valence-corrected chi connectivity index (χ1v) is 10.2. The number of rotatable bonds is 4. The van der Waals surface area contributed by atoms with Crippen molar-refractivity contribution in [2.75, 3.05) is 23.3 Å². The van der Waals surface area contributed by atoms with E-state index in [1.807, 2.05) is 0 Å². The van der Waals surface area contributed by atoms with E-state index >= 15 is 0 Å². The van der Waals surface area contributed by atoms with E-state index < -0.39 is 29.6 Å². The van der Waals surface area contributed by atoms with Crippen LogP contribution in [0.4, 0.5) is 33.5 Å². The largest absolute Gasteiger partial charge is 0.435 e. The zero-order chi connectivity index (χ0) is 23.3. The van der Waals surface area contributed by atoms with Crippen LogP contribution in [-0.4, -0.2) is 48.9 Å². The lowest BCUT2D eigenvalue weighted by molar-refractivity contribution is -0.142. The number of halogens is 5. The van der Waals surface area contributed by atoms with E-state index in [0.717, 1.165) is 10.6 Å². The first-order chi connectivity index (χ1) is 15.7. The molecule has 174 valence electrons. The van der Waals surface area contributed by atoms with Gasteiger partial charge < -0.3 is 20.3 Å². The molecule has 1 aliphatic heterocycles. The Balaban J connectivity index is 1.51. The topological polar surface area (TPSA) is 94.4 Å². The molecule has 3 aromatic heterocycles. The average Bonchev–Trinajstić information content (AvgIpc) is 3.39. The molecule has 0 spiro atoms. The molecular formula is C20H18F5N7O. The number of aliphatic hydroxyl groups is 1. The van der Waals surface area contributed by atoms with E-state index in [1.54, 1.807) is 11.0 Å². The maximum atomic E-state index is 14.0. The monoisotopic (exact) mass is 467 g/mol. The minimum Gasteiger partial charge on any atom is -0.393 e. The Morgan fingerprint density at radius 2 is 1.94 bits per heavy atom. The predicted octanol–water partition coefficient (Wildman–Crippen LogP) is 3.48. The Morgan fingerprint density at radius 3 is 2.67 bits per heavy atom. The lowest BCUT2D eigenvalue weighted by atomic mass is 10.1. The SMILES string of the molecule is OC1CCN(c2cc(NCc3nc4c(F)c(F)ccc4[nH]3)c3ncc(C(F)(F)F)n3n2)CC1. The van der Waals surface area contributed by atoms with Crippen molar-refractivity contribution in [3.63, 3.8) is 0 Å². The molecule has 1 aromatic carbocycles.